The fourth-order valence-electron chi connectivity index (χ4n) is 3.23. The molecule has 2 N–H and O–H groups in total. The van der Waals surface area contributed by atoms with Gasteiger partial charge in [-0.25, -0.2) is 0 Å². The van der Waals surface area contributed by atoms with Crippen molar-refractivity contribution in [3.63, 3.8) is 0 Å². The minimum absolute atomic E-state index is 0.0291. The van der Waals surface area contributed by atoms with Crippen molar-refractivity contribution in [2.45, 2.75) is 38.6 Å². The number of hydrogen-bond acceptors (Lipinski definition) is 2. The number of benzene rings is 1. The van der Waals surface area contributed by atoms with E-state index in [1.54, 1.807) is 0 Å². The zero-order valence-corrected chi connectivity index (χ0v) is 12.2. The fourth-order valence-corrected chi connectivity index (χ4v) is 3.23. The molecule has 2 aliphatic carbocycles. The van der Waals surface area contributed by atoms with E-state index in [2.05, 4.69) is 5.32 Å². The van der Waals surface area contributed by atoms with Gasteiger partial charge in [0.15, 0.2) is 0 Å². The smallest absolute Gasteiger partial charge is 0.305 e. The van der Waals surface area contributed by atoms with Gasteiger partial charge in [-0.1, -0.05) is 24.3 Å². The molecule has 2 fully saturated rings. The van der Waals surface area contributed by atoms with Gasteiger partial charge >= 0.3 is 5.97 Å². The molecule has 0 spiro atoms. The summed E-state index contributed by atoms with van der Waals surface area (Å²) in [6.07, 6.45) is 3.41. The average Bonchev–Trinajstić information content (AvgIpc) is 3.27. The predicted octanol–water partition coefficient (Wildman–Crippen LogP) is 2.67. The second-order valence-corrected chi connectivity index (χ2v) is 6.36. The first-order valence-corrected chi connectivity index (χ1v) is 7.64. The van der Waals surface area contributed by atoms with Crippen LogP contribution in [0.25, 0.3) is 0 Å². The number of aliphatic carboxylic acids is 1. The second-order valence-electron chi connectivity index (χ2n) is 6.36. The number of nitrogens with one attached hydrogen (secondary N) is 1. The zero-order valence-electron chi connectivity index (χ0n) is 12.2. The highest BCUT2D eigenvalue weighted by Gasteiger charge is 2.51. The van der Waals surface area contributed by atoms with Crippen molar-refractivity contribution in [3.05, 3.63) is 35.4 Å². The summed E-state index contributed by atoms with van der Waals surface area (Å²) in [7, 11) is 0. The van der Waals surface area contributed by atoms with Gasteiger partial charge in [0.05, 0.1) is 12.5 Å². The summed E-state index contributed by atoms with van der Waals surface area (Å²) in [5.74, 6) is 0.543. The number of carboxylic acids is 1. The molecule has 0 aromatic heterocycles. The predicted molar refractivity (Wildman–Crippen MR) is 78.6 cm³/mol. The van der Waals surface area contributed by atoms with Crippen LogP contribution in [0, 0.1) is 24.7 Å². The van der Waals surface area contributed by atoms with Gasteiger partial charge in [0.1, 0.15) is 0 Å². The van der Waals surface area contributed by atoms with E-state index in [-0.39, 0.29) is 18.2 Å². The molecule has 1 amide bonds. The van der Waals surface area contributed by atoms with E-state index in [0.717, 1.165) is 23.5 Å². The van der Waals surface area contributed by atoms with Crippen molar-refractivity contribution in [2.75, 3.05) is 0 Å². The monoisotopic (exact) mass is 287 g/mol. The van der Waals surface area contributed by atoms with Crippen molar-refractivity contribution in [1.29, 1.82) is 0 Å². The zero-order chi connectivity index (χ0) is 15.0. The van der Waals surface area contributed by atoms with E-state index in [0.29, 0.717) is 5.92 Å². The van der Waals surface area contributed by atoms with Gasteiger partial charge in [0.25, 0.3) is 0 Å². The number of carboxylic acid groups (broad SMARTS) is 1. The summed E-state index contributed by atoms with van der Waals surface area (Å²) < 4.78 is 0. The Morgan fingerprint density at radius 1 is 1.33 bits per heavy atom. The molecule has 0 radical (unpaired) electrons. The quantitative estimate of drug-likeness (QED) is 0.845. The Balaban J connectivity index is 1.69. The van der Waals surface area contributed by atoms with Gasteiger partial charge in [0, 0.05) is 5.92 Å². The van der Waals surface area contributed by atoms with Crippen LogP contribution in [0.15, 0.2) is 24.3 Å². The molecule has 2 aliphatic rings. The van der Waals surface area contributed by atoms with E-state index in [4.69, 9.17) is 5.11 Å². The molecule has 3 rings (SSSR count). The highest BCUT2D eigenvalue weighted by molar-refractivity contribution is 5.82. The first-order chi connectivity index (χ1) is 10.1. The van der Waals surface area contributed by atoms with Crippen LogP contribution in [0.2, 0.25) is 0 Å². The molecule has 4 heteroatoms. The van der Waals surface area contributed by atoms with Gasteiger partial charge in [-0.15, -0.1) is 0 Å². The van der Waals surface area contributed by atoms with E-state index >= 15 is 0 Å². The van der Waals surface area contributed by atoms with Crippen LogP contribution in [-0.2, 0) is 9.59 Å². The van der Waals surface area contributed by atoms with E-state index in [9.17, 15) is 9.59 Å². The molecular formula is C17H21NO3. The lowest BCUT2D eigenvalue weighted by Gasteiger charge is -2.19. The minimum atomic E-state index is -0.891. The Kier molecular flexibility index (Phi) is 3.70. The molecule has 2 saturated carbocycles. The number of amides is 1. The molecule has 0 bridgehead atoms. The molecule has 0 aliphatic heterocycles. The lowest BCUT2D eigenvalue weighted by molar-refractivity contribution is -0.137. The summed E-state index contributed by atoms with van der Waals surface area (Å²) in [6.45, 7) is 1.94. The van der Waals surface area contributed by atoms with Crippen LogP contribution in [0.4, 0.5) is 0 Å². The Morgan fingerprint density at radius 3 is 2.67 bits per heavy atom. The summed E-state index contributed by atoms with van der Waals surface area (Å²) in [5, 5.41) is 12.1. The van der Waals surface area contributed by atoms with Gasteiger partial charge in [-0.3, -0.25) is 9.59 Å². The Morgan fingerprint density at radius 2 is 2.05 bits per heavy atom. The Labute approximate surface area is 124 Å². The van der Waals surface area contributed by atoms with Gasteiger partial charge < -0.3 is 10.4 Å². The summed E-state index contributed by atoms with van der Waals surface area (Å²) in [4.78, 5) is 23.4. The molecule has 0 saturated heterocycles. The Hall–Kier alpha value is -1.84. The highest BCUT2D eigenvalue weighted by atomic mass is 16.4. The van der Waals surface area contributed by atoms with E-state index in [1.165, 1.54) is 12.8 Å². The standard InChI is InChI=1S/C17H21NO3/c1-10-4-2-3-5-12(10)15(9-16(19)20)18-17(21)14-8-13(14)11-6-7-11/h2-5,11,13-15H,6-9H2,1H3,(H,18,21)(H,19,20). The molecule has 1 aromatic rings. The van der Waals surface area contributed by atoms with Gasteiger partial charge in [-0.05, 0) is 49.1 Å². The largest absolute Gasteiger partial charge is 0.481 e. The van der Waals surface area contributed by atoms with E-state index in [1.807, 2.05) is 31.2 Å². The van der Waals surface area contributed by atoms with Crippen LogP contribution < -0.4 is 5.32 Å². The molecule has 21 heavy (non-hydrogen) atoms. The summed E-state index contributed by atoms with van der Waals surface area (Å²) in [6, 6.07) is 7.21. The fraction of sp³-hybridized carbons (Fsp3) is 0.529. The SMILES string of the molecule is Cc1ccccc1C(CC(=O)O)NC(=O)C1CC1C1CC1. The Bertz CT molecular complexity index is 565. The number of carbonyl (C=O) groups excluding carboxylic acids is 1. The lowest BCUT2D eigenvalue weighted by atomic mass is 9.98. The van der Waals surface area contributed by atoms with Crippen molar-refractivity contribution in [1.82, 2.24) is 5.32 Å². The van der Waals surface area contributed by atoms with Crippen molar-refractivity contribution >= 4 is 11.9 Å². The molecule has 112 valence electrons. The van der Waals surface area contributed by atoms with Crippen LogP contribution in [0.5, 0.6) is 0 Å². The number of aryl methyl sites for hydroxylation is 1. The third-order valence-corrected chi connectivity index (χ3v) is 4.66. The van der Waals surface area contributed by atoms with Crippen molar-refractivity contribution in [2.24, 2.45) is 17.8 Å². The molecule has 4 nitrogen and oxygen atoms in total. The maximum absolute atomic E-state index is 12.3. The number of carbonyl (C=O) groups is 2. The van der Waals surface area contributed by atoms with Crippen LogP contribution in [0.1, 0.15) is 42.9 Å². The molecule has 3 unspecified atom stereocenters. The van der Waals surface area contributed by atoms with Gasteiger partial charge in [0.2, 0.25) is 5.91 Å². The molecule has 3 atom stereocenters. The highest BCUT2D eigenvalue weighted by Crippen LogP contribution is 2.54. The van der Waals surface area contributed by atoms with Crippen LogP contribution in [0.3, 0.4) is 0 Å². The normalized spacial score (nSPS) is 25.2. The topological polar surface area (TPSA) is 66.4 Å². The first kappa shape index (κ1) is 14.1. The number of rotatable bonds is 6. The van der Waals surface area contributed by atoms with Crippen LogP contribution >= 0.6 is 0 Å². The maximum Gasteiger partial charge on any atom is 0.305 e. The van der Waals surface area contributed by atoms with Gasteiger partial charge in [-0.2, -0.15) is 0 Å². The number of hydrogen-bond donors (Lipinski definition) is 2. The minimum Gasteiger partial charge on any atom is -0.481 e. The molecule has 1 aromatic carbocycles. The van der Waals surface area contributed by atoms with Crippen LogP contribution in [-0.4, -0.2) is 17.0 Å². The average molecular weight is 287 g/mol. The van der Waals surface area contributed by atoms with Crippen molar-refractivity contribution < 1.29 is 14.7 Å². The van der Waals surface area contributed by atoms with Crippen molar-refractivity contribution in [3.8, 4) is 0 Å². The third-order valence-electron chi connectivity index (χ3n) is 4.66. The molecule has 0 heterocycles. The first-order valence-electron chi connectivity index (χ1n) is 7.64. The molecular weight excluding hydrogens is 266 g/mol. The lowest BCUT2D eigenvalue weighted by Crippen LogP contribution is -2.32. The van der Waals surface area contributed by atoms with E-state index < -0.39 is 12.0 Å². The summed E-state index contributed by atoms with van der Waals surface area (Å²) >= 11 is 0. The third kappa shape index (κ3) is 3.26. The maximum atomic E-state index is 12.3. The summed E-state index contributed by atoms with van der Waals surface area (Å²) in [5.41, 5.74) is 1.91. The second kappa shape index (κ2) is 5.51.